The maximum atomic E-state index is 5.46. The molecular formula is C8H9ClN2. The molecule has 0 saturated carbocycles. The minimum absolute atomic E-state index is 0.510. The van der Waals surface area contributed by atoms with Gasteiger partial charge in [0.05, 0.1) is 17.6 Å². The number of hydrogen-bond donors (Lipinski definition) is 0. The summed E-state index contributed by atoms with van der Waals surface area (Å²) in [6.45, 7) is 1.91. The summed E-state index contributed by atoms with van der Waals surface area (Å²) in [6, 6.07) is 0. The zero-order valence-corrected chi connectivity index (χ0v) is 7.04. The van der Waals surface area contributed by atoms with Crippen LogP contribution in [0, 0.1) is 6.92 Å². The maximum absolute atomic E-state index is 5.46. The fourth-order valence-corrected chi connectivity index (χ4v) is 0.818. The van der Waals surface area contributed by atoms with Crippen LogP contribution >= 0.6 is 11.6 Å². The number of rotatable bonds is 2. The Hall–Kier alpha value is -0.890. The number of aryl methyl sites for hydroxylation is 1. The van der Waals surface area contributed by atoms with Gasteiger partial charge in [-0.2, -0.15) is 0 Å². The molecule has 11 heavy (non-hydrogen) atoms. The SMILES string of the molecule is Cc1cncc(C=CCCl)n1. The molecule has 1 aromatic rings. The predicted octanol–water partition coefficient (Wildman–Crippen LogP) is 2.04. The molecule has 3 heteroatoms. The first-order chi connectivity index (χ1) is 5.33. The Morgan fingerprint density at radius 3 is 3.00 bits per heavy atom. The summed E-state index contributed by atoms with van der Waals surface area (Å²) in [7, 11) is 0. The Bertz CT molecular complexity index is 258. The quantitative estimate of drug-likeness (QED) is 0.632. The molecule has 0 aromatic carbocycles. The molecular weight excluding hydrogens is 160 g/mol. The minimum Gasteiger partial charge on any atom is -0.261 e. The van der Waals surface area contributed by atoms with Gasteiger partial charge in [-0.1, -0.05) is 6.08 Å². The lowest BCUT2D eigenvalue weighted by Crippen LogP contribution is -1.86. The van der Waals surface area contributed by atoms with Gasteiger partial charge in [-0.3, -0.25) is 9.97 Å². The van der Waals surface area contributed by atoms with Crippen molar-refractivity contribution in [3.63, 3.8) is 0 Å². The molecule has 0 bridgehead atoms. The van der Waals surface area contributed by atoms with Crippen LogP contribution < -0.4 is 0 Å². The fraction of sp³-hybridized carbons (Fsp3) is 0.250. The van der Waals surface area contributed by atoms with E-state index in [0.717, 1.165) is 11.4 Å². The first kappa shape index (κ1) is 8.21. The maximum Gasteiger partial charge on any atom is 0.0813 e. The summed E-state index contributed by atoms with van der Waals surface area (Å²) >= 11 is 5.46. The fourth-order valence-electron chi connectivity index (χ4n) is 0.728. The van der Waals surface area contributed by atoms with Gasteiger partial charge in [-0.05, 0) is 13.0 Å². The number of allylic oxidation sites excluding steroid dienone is 1. The molecule has 0 aliphatic carbocycles. The molecule has 1 aromatic heterocycles. The summed E-state index contributed by atoms with van der Waals surface area (Å²) < 4.78 is 0. The predicted molar refractivity (Wildman–Crippen MR) is 46.5 cm³/mol. The van der Waals surface area contributed by atoms with E-state index in [1.54, 1.807) is 12.4 Å². The Labute approximate surface area is 70.9 Å². The highest BCUT2D eigenvalue weighted by molar-refractivity contribution is 6.19. The Morgan fingerprint density at radius 2 is 2.36 bits per heavy atom. The van der Waals surface area contributed by atoms with Crippen molar-refractivity contribution < 1.29 is 0 Å². The molecule has 0 N–H and O–H groups in total. The van der Waals surface area contributed by atoms with Crippen LogP contribution in [0.15, 0.2) is 18.5 Å². The van der Waals surface area contributed by atoms with Crippen molar-refractivity contribution in [2.75, 3.05) is 5.88 Å². The van der Waals surface area contributed by atoms with Gasteiger partial charge in [-0.15, -0.1) is 11.6 Å². The van der Waals surface area contributed by atoms with Gasteiger partial charge >= 0.3 is 0 Å². The van der Waals surface area contributed by atoms with Gasteiger partial charge in [0, 0.05) is 12.1 Å². The molecule has 0 fully saturated rings. The van der Waals surface area contributed by atoms with E-state index in [1.165, 1.54) is 0 Å². The zero-order valence-electron chi connectivity index (χ0n) is 6.29. The summed E-state index contributed by atoms with van der Waals surface area (Å²) in [4.78, 5) is 8.18. The molecule has 0 spiro atoms. The zero-order chi connectivity index (χ0) is 8.10. The van der Waals surface area contributed by atoms with E-state index in [4.69, 9.17) is 11.6 Å². The molecule has 58 valence electrons. The molecule has 0 radical (unpaired) electrons. The van der Waals surface area contributed by atoms with E-state index in [1.807, 2.05) is 19.1 Å². The Kier molecular flexibility index (Phi) is 3.05. The first-order valence-electron chi connectivity index (χ1n) is 3.34. The van der Waals surface area contributed by atoms with Gasteiger partial charge < -0.3 is 0 Å². The van der Waals surface area contributed by atoms with E-state index in [0.29, 0.717) is 5.88 Å². The second-order valence-electron chi connectivity index (χ2n) is 2.14. The summed E-state index contributed by atoms with van der Waals surface area (Å²) in [5.41, 5.74) is 1.77. The Balaban J connectivity index is 2.79. The van der Waals surface area contributed by atoms with Crippen molar-refractivity contribution in [3.8, 4) is 0 Å². The molecule has 1 heterocycles. The van der Waals surface area contributed by atoms with Crippen LogP contribution in [-0.2, 0) is 0 Å². The van der Waals surface area contributed by atoms with Gasteiger partial charge in [0.15, 0.2) is 0 Å². The van der Waals surface area contributed by atoms with Crippen LogP contribution in [0.5, 0.6) is 0 Å². The molecule has 2 nitrogen and oxygen atoms in total. The summed E-state index contributed by atoms with van der Waals surface area (Å²) in [5, 5.41) is 0. The second kappa shape index (κ2) is 4.09. The highest BCUT2D eigenvalue weighted by Crippen LogP contribution is 1.97. The van der Waals surface area contributed by atoms with E-state index in [9.17, 15) is 0 Å². The standard InChI is InChI=1S/C8H9ClN2/c1-7-5-10-6-8(11-7)3-2-4-9/h2-3,5-6H,4H2,1H3. The van der Waals surface area contributed by atoms with E-state index >= 15 is 0 Å². The van der Waals surface area contributed by atoms with Crippen molar-refractivity contribution in [1.29, 1.82) is 0 Å². The van der Waals surface area contributed by atoms with Crippen molar-refractivity contribution >= 4 is 17.7 Å². The molecule has 0 unspecified atom stereocenters. The van der Waals surface area contributed by atoms with Gasteiger partial charge in [0.1, 0.15) is 0 Å². The van der Waals surface area contributed by atoms with Crippen molar-refractivity contribution in [3.05, 3.63) is 29.9 Å². The van der Waals surface area contributed by atoms with Crippen LogP contribution in [0.25, 0.3) is 6.08 Å². The van der Waals surface area contributed by atoms with Gasteiger partial charge in [0.2, 0.25) is 0 Å². The van der Waals surface area contributed by atoms with E-state index in [-0.39, 0.29) is 0 Å². The molecule has 0 amide bonds. The van der Waals surface area contributed by atoms with Crippen LogP contribution in [0.4, 0.5) is 0 Å². The average Bonchev–Trinajstić information content (AvgIpc) is 2.01. The second-order valence-corrected chi connectivity index (χ2v) is 2.45. The molecule has 0 aliphatic heterocycles. The average molecular weight is 169 g/mol. The molecule has 0 atom stereocenters. The van der Waals surface area contributed by atoms with Gasteiger partial charge in [-0.25, -0.2) is 0 Å². The summed E-state index contributed by atoms with van der Waals surface area (Å²) in [5.74, 6) is 0.510. The first-order valence-corrected chi connectivity index (χ1v) is 3.87. The van der Waals surface area contributed by atoms with E-state index < -0.39 is 0 Å². The van der Waals surface area contributed by atoms with E-state index in [2.05, 4.69) is 9.97 Å². The Morgan fingerprint density at radius 1 is 1.55 bits per heavy atom. The summed E-state index contributed by atoms with van der Waals surface area (Å²) in [6.07, 6.45) is 7.12. The van der Waals surface area contributed by atoms with Crippen LogP contribution in [0.2, 0.25) is 0 Å². The van der Waals surface area contributed by atoms with Crippen LogP contribution in [0.3, 0.4) is 0 Å². The number of aromatic nitrogens is 2. The van der Waals surface area contributed by atoms with Crippen LogP contribution in [0.1, 0.15) is 11.4 Å². The molecule has 0 saturated heterocycles. The highest BCUT2D eigenvalue weighted by atomic mass is 35.5. The lowest BCUT2D eigenvalue weighted by Gasteiger charge is -1.92. The third kappa shape index (κ3) is 2.68. The third-order valence-corrected chi connectivity index (χ3v) is 1.33. The van der Waals surface area contributed by atoms with Gasteiger partial charge in [0.25, 0.3) is 0 Å². The smallest absolute Gasteiger partial charge is 0.0813 e. The van der Waals surface area contributed by atoms with Crippen LogP contribution in [-0.4, -0.2) is 15.8 Å². The van der Waals surface area contributed by atoms with Crippen molar-refractivity contribution in [2.24, 2.45) is 0 Å². The number of alkyl halides is 1. The largest absolute Gasteiger partial charge is 0.261 e. The molecule has 0 aliphatic rings. The van der Waals surface area contributed by atoms with Crippen molar-refractivity contribution in [1.82, 2.24) is 9.97 Å². The topological polar surface area (TPSA) is 25.8 Å². The minimum atomic E-state index is 0.510. The lowest BCUT2D eigenvalue weighted by atomic mass is 10.4. The normalized spacial score (nSPS) is 10.7. The number of nitrogens with zero attached hydrogens (tertiary/aromatic N) is 2. The highest BCUT2D eigenvalue weighted by Gasteiger charge is 1.87. The third-order valence-electron chi connectivity index (χ3n) is 1.15. The lowest BCUT2D eigenvalue weighted by molar-refractivity contribution is 1.10. The number of hydrogen-bond acceptors (Lipinski definition) is 2. The number of halogens is 1. The van der Waals surface area contributed by atoms with Crippen molar-refractivity contribution in [2.45, 2.75) is 6.92 Å². The monoisotopic (exact) mass is 168 g/mol. The molecule has 1 rings (SSSR count).